The Balaban J connectivity index is 2.73. The molecule has 1 heterocycles. The first kappa shape index (κ1) is 13.5. The summed E-state index contributed by atoms with van der Waals surface area (Å²) < 4.78 is 0. The molecule has 0 atom stereocenters. The third-order valence-electron chi connectivity index (χ3n) is 2.94. The largest absolute Gasteiger partial charge is 0.481 e. The molecule has 0 bridgehead atoms. The molecule has 2 amide bonds. The Kier molecular flexibility index (Phi) is 3.75. The first-order valence-corrected chi connectivity index (χ1v) is 5.61. The van der Waals surface area contributed by atoms with Gasteiger partial charge in [0, 0.05) is 26.2 Å². The lowest BCUT2D eigenvalue weighted by Crippen LogP contribution is -2.56. The third kappa shape index (κ3) is 2.75. The van der Waals surface area contributed by atoms with Crippen molar-refractivity contribution >= 4 is 17.8 Å². The van der Waals surface area contributed by atoms with Gasteiger partial charge in [0.15, 0.2) is 0 Å². The zero-order valence-electron chi connectivity index (χ0n) is 10.4. The quantitative estimate of drug-likeness (QED) is 0.692. The van der Waals surface area contributed by atoms with E-state index in [1.165, 1.54) is 9.80 Å². The van der Waals surface area contributed by atoms with Gasteiger partial charge in [0.25, 0.3) is 0 Å². The summed E-state index contributed by atoms with van der Waals surface area (Å²) in [5, 5.41) is 8.99. The highest BCUT2D eigenvalue weighted by Gasteiger charge is 2.37. The van der Waals surface area contributed by atoms with Crippen molar-refractivity contribution in [3.8, 4) is 0 Å². The van der Waals surface area contributed by atoms with Crippen molar-refractivity contribution < 1.29 is 19.5 Å². The van der Waals surface area contributed by atoms with E-state index < -0.39 is 23.2 Å². The highest BCUT2D eigenvalue weighted by atomic mass is 16.4. The van der Waals surface area contributed by atoms with Crippen molar-refractivity contribution in [2.24, 2.45) is 5.41 Å². The first-order chi connectivity index (χ1) is 7.79. The number of amides is 2. The molecule has 0 spiro atoms. The Morgan fingerprint density at radius 2 is 1.71 bits per heavy atom. The van der Waals surface area contributed by atoms with Crippen LogP contribution >= 0.6 is 0 Å². The Labute approximate surface area is 100 Å². The summed E-state index contributed by atoms with van der Waals surface area (Å²) >= 11 is 0. The van der Waals surface area contributed by atoms with Crippen molar-refractivity contribution in [2.75, 3.05) is 26.2 Å². The van der Waals surface area contributed by atoms with Crippen LogP contribution < -0.4 is 0 Å². The summed E-state index contributed by atoms with van der Waals surface area (Å²) in [6, 6.07) is 0. The molecular formula is C11H18N2O4. The topological polar surface area (TPSA) is 77.9 Å². The zero-order chi connectivity index (χ0) is 13.2. The molecule has 6 nitrogen and oxygen atoms in total. The number of aliphatic carboxylic acids is 1. The van der Waals surface area contributed by atoms with Crippen LogP contribution in [0.3, 0.4) is 0 Å². The van der Waals surface area contributed by atoms with Gasteiger partial charge in [-0.05, 0) is 20.8 Å². The van der Waals surface area contributed by atoms with Crippen LogP contribution in [0.25, 0.3) is 0 Å². The molecule has 6 heteroatoms. The normalized spacial score (nSPS) is 17.6. The number of rotatable bonds is 4. The van der Waals surface area contributed by atoms with Gasteiger partial charge in [-0.2, -0.15) is 0 Å². The minimum absolute atomic E-state index is 0.0600. The first-order valence-electron chi connectivity index (χ1n) is 5.61. The van der Waals surface area contributed by atoms with E-state index in [9.17, 15) is 14.4 Å². The van der Waals surface area contributed by atoms with Crippen LogP contribution in [0.5, 0.6) is 0 Å². The van der Waals surface area contributed by atoms with E-state index in [2.05, 4.69) is 0 Å². The summed E-state index contributed by atoms with van der Waals surface area (Å²) in [4.78, 5) is 37.1. The molecule has 0 unspecified atom stereocenters. The SMILES string of the molecule is CCN1CCN(CC(C)(C)C(=O)O)C(=O)C1=O. The van der Waals surface area contributed by atoms with E-state index in [0.717, 1.165) is 0 Å². The third-order valence-corrected chi connectivity index (χ3v) is 2.94. The molecule has 1 fully saturated rings. The lowest BCUT2D eigenvalue weighted by Gasteiger charge is -2.36. The number of piperazine rings is 1. The minimum atomic E-state index is -1.04. The van der Waals surface area contributed by atoms with Gasteiger partial charge in [-0.25, -0.2) is 0 Å². The maximum Gasteiger partial charge on any atom is 0.312 e. The van der Waals surface area contributed by atoms with Crippen LogP contribution in [0, 0.1) is 5.41 Å². The Morgan fingerprint density at radius 3 is 2.18 bits per heavy atom. The Hall–Kier alpha value is -1.59. The number of carboxylic acids is 1. The number of likely N-dealkylation sites (N-methyl/N-ethyl adjacent to an activating group) is 1. The van der Waals surface area contributed by atoms with Crippen molar-refractivity contribution in [2.45, 2.75) is 20.8 Å². The van der Waals surface area contributed by atoms with Crippen LogP contribution in [0.15, 0.2) is 0 Å². The average Bonchev–Trinajstić information content (AvgIpc) is 2.25. The van der Waals surface area contributed by atoms with Gasteiger partial charge in [-0.1, -0.05) is 0 Å². The van der Waals surface area contributed by atoms with Gasteiger partial charge in [0.1, 0.15) is 0 Å². The van der Waals surface area contributed by atoms with Crippen LogP contribution in [0.2, 0.25) is 0 Å². The molecular weight excluding hydrogens is 224 g/mol. The van der Waals surface area contributed by atoms with Crippen molar-refractivity contribution in [3.63, 3.8) is 0 Å². The van der Waals surface area contributed by atoms with Crippen molar-refractivity contribution in [3.05, 3.63) is 0 Å². The molecule has 0 aromatic rings. The van der Waals surface area contributed by atoms with Crippen molar-refractivity contribution in [1.29, 1.82) is 0 Å². The highest BCUT2D eigenvalue weighted by Crippen LogP contribution is 2.19. The van der Waals surface area contributed by atoms with E-state index in [1.807, 2.05) is 6.92 Å². The fourth-order valence-electron chi connectivity index (χ4n) is 1.71. The number of carbonyl (C=O) groups is 3. The number of hydrogen-bond donors (Lipinski definition) is 1. The van der Waals surface area contributed by atoms with Gasteiger partial charge in [-0.15, -0.1) is 0 Å². The Morgan fingerprint density at radius 1 is 1.24 bits per heavy atom. The number of hydrogen-bond acceptors (Lipinski definition) is 3. The van der Waals surface area contributed by atoms with Crippen LogP contribution in [0.4, 0.5) is 0 Å². The van der Waals surface area contributed by atoms with E-state index in [1.54, 1.807) is 13.8 Å². The molecule has 1 saturated heterocycles. The molecule has 1 N–H and O–H groups in total. The molecule has 96 valence electrons. The van der Waals surface area contributed by atoms with E-state index in [-0.39, 0.29) is 6.54 Å². The molecule has 0 radical (unpaired) electrons. The van der Waals surface area contributed by atoms with Crippen LogP contribution in [-0.4, -0.2) is 58.9 Å². The maximum absolute atomic E-state index is 11.7. The number of nitrogens with zero attached hydrogens (tertiary/aromatic N) is 2. The molecule has 0 aromatic heterocycles. The second-order valence-electron chi connectivity index (χ2n) is 4.80. The predicted octanol–water partition coefficient (Wildman–Crippen LogP) is -0.212. The fraction of sp³-hybridized carbons (Fsp3) is 0.727. The zero-order valence-corrected chi connectivity index (χ0v) is 10.4. The molecule has 0 aliphatic carbocycles. The van der Waals surface area contributed by atoms with Crippen molar-refractivity contribution in [1.82, 2.24) is 9.80 Å². The highest BCUT2D eigenvalue weighted by molar-refractivity contribution is 6.35. The molecule has 1 aliphatic heterocycles. The number of carbonyl (C=O) groups excluding carboxylic acids is 2. The van der Waals surface area contributed by atoms with E-state index >= 15 is 0 Å². The van der Waals surface area contributed by atoms with Gasteiger partial charge in [0.2, 0.25) is 0 Å². The summed E-state index contributed by atoms with van der Waals surface area (Å²) in [6.45, 7) is 6.32. The molecule has 17 heavy (non-hydrogen) atoms. The summed E-state index contributed by atoms with van der Waals surface area (Å²) in [5.41, 5.74) is -1.04. The van der Waals surface area contributed by atoms with E-state index in [0.29, 0.717) is 19.6 Å². The molecule has 0 aromatic carbocycles. The van der Waals surface area contributed by atoms with Gasteiger partial charge in [-0.3, -0.25) is 14.4 Å². The second kappa shape index (κ2) is 4.73. The van der Waals surface area contributed by atoms with Gasteiger partial charge >= 0.3 is 17.8 Å². The smallest absolute Gasteiger partial charge is 0.312 e. The summed E-state index contributed by atoms with van der Waals surface area (Å²) in [5.74, 6) is -2.12. The summed E-state index contributed by atoms with van der Waals surface area (Å²) in [6.07, 6.45) is 0. The van der Waals surface area contributed by atoms with Crippen LogP contribution in [0.1, 0.15) is 20.8 Å². The van der Waals surface area contributed by atoms with Gasteiger partial charge < -0.3 is 14.9 Å². The predicted molar refractivity (Wildman–Crippen MR) is 60.3 cm³/mol. The monoisotopic (exact) mass is 242 g/mol. The molecule has 1 aliphatic rings. The lowest BCUT2D eigenvalue weighted by atomic mass is 9.92. The summed E-state index contributed by atoms with van der Waals surface area (Å²) in [7, 11) is 0. The molecule has 1 rings (SSSR count). The minimum Gasteiger partial charge on any atom is -0.481 e. The van der Waals surface area contributed by atoms with E-state index in [4.69, 9.17) is 5.11 Å². The van der Waals surface area contributed by atoms with Crippen LogP contribution in [-0.2, 0) is 14.4 Å². The standard InChI is InChI=1S/C11H18N2O4/c1-4-12-5-6-13(9(15)8(12)14)7-11(2,3)10(16)17/h4-7H2,1-3H3,(H,16,17). The molecule has 0 saturated carbocycles. The second-order valence-corrected chi connectivity index (χ2v) is 4.80. The van der Waals surface area contributed by atoms with Gasteiger partial charge in [0.05, 0.1) is 5.41 Å². The lowest BCUT2D eigenvalue weighted by molar-refractivity contribution is -0.159. The Bertz CT molecular complexity index is 351. The fourth-order valence-corrected chi connectivity index (χ4v) is 1.71. The number of carboxylic acid groups (broad SMARTS) is 1. The maximum atomic E-state index is 11.7. The average molecular weight is 242 g/mol.